The summed E-state index contributed by atoms with van der Waals surface area (Å²) >= 11 is 0. The average Bonchev–Trinajstić information content (AvgIpc) is 3.00. The Hall–Kier alpha value is 0.220. The van der Waals surface area contributed by atoms with Crippen molar-refractivity contribution in [1.82, 2.24) is 0 Å². The van der Waals surface area contributed by atoms with Gasteiger partial charge in [0.05, 0.1) is 0 Å². The molecule has 1 rings (SSSR count). The van der Waals surface area contributed by atoms with Gasteiger partial charge in [-0.05, 0) is 36.3 Å². The number of hydrogen-bond acceptors (Lipinski definition) is 0. The van der Waals surface area contributed by atoms with E-state index in [-0.39, 0.29) is 0 Å². The van der Waals surface area contributed by atoms with E-state index in [4.69, 9.17) is 0 Å². The summed E-state index contributed by atoms with van der Waals surface area (Å²) in [4.78, 5) is 0. The second kappa shape index (κ2) is 6.41. The van der Waals surface area contributed by atoms with Crippen LogP contribution in [0, 0.1) is 17.8 Å². The van der Waals surface area contributed by atoms with Gasteiger partial charge < -0.3 is 0 Å². The van der Waals surface area contributed by atoms with Crippen molar-refractivity contribution >= 4 is 16.4 Å². The summed E-state index contributed by atoms with van der Waals surface area (Å²) in [7, 11) is 0.409. The Morgan fingerprint density at radius 2 is 1.88 bits per heavy atom. The van der Waals surface area contributed by atoms with Crippen molar-refractivity contribution in [2.45, 2.75) is 71.5 Å². The SMILES string of the molecule is C=S(CC)C1(CC(C)CCC(C)C)CC1CC. The largest absolute Gasteiger partial charge is 0.187 e. The molecule has 0 aromatic carbocycles. The molecule has 17 heavy (non-hydrogen) atoms. The first-order chi connectivity index (χ1) is 7.96. The fourth-order valence-electron chi connectivity index (χ4n) is 3.19. The highest BCUT2D eigenvalue weighted by Crippen LogP contribution is 2.62. The fourth-order valence-corrected chi connectivity index (χ4v) is 5.36. The van der Waals surface area contributed by atoms with Crippen molar-refractivity contribution in [1.29, 1.82) is 0 Å². The zero-order valence-electron chi connectivity index (χ0n) is 12.6. The molecule has 0 bridgehead atoms. The van der Waals surface area contributed by atoms with Crippen molar-refractivity contribution in [3.05, 3.63) is 0 Å². The van der Waals surface area contributed by atoms with Gasteiger partial charge in [-0.3, -0.25) is 0 Å². The predicted octanol–water partition coefficient (Wildman–Crippen LogP) is 5.34. The lowest BCUT2D eigenvalue weighted by molar-refractivity contribution is 0.412. The Morgan fingerprint density at radius 1 is 1.24 bits per heavy atom. The molecule has 0 amide bonds. The van der Waals surface area contributed by atoms with E-state index < -0.39 is 0 Å². The van der Waals surface area contributed by atoms with Gasteiger partial charge in [0, 0.05) is 4.75 Å². The summed E-state index contributed by atoms with van der Waals surface area (Å²) in [5.41, 5.74) is 0. The molecule has 1 fully saturated rings. The van der Waals surface area contributed by atoms with Crippen LogP contribution >= 0.6 is 10.5 Å². The molecule has 102 valence electrons. The van der Waals surface area contributed by atoms with E-state index in [1.807, 2.05) is 0 Å². The van der Waals surface area contributed by atoms with Gasteiger partial charge in [0.25, 0.3) is 0 Å². The van der Waals surface area contributed by atoms with Crippen LogP contribution in [0.3, 0.4) is 0 Å². The lowest BCUT2D eigenvalue weighted by Crippen LogP contribution is -2.15. The highest BCUT2D eigenvalue weighted by Gasteiger charge is 2.53. The Balaban J connectivity index is 2.49. The van der Waals surface area contributed by atoms with E-state index in [0.717, 1.165) is 17.8 Å². The van der Waals surface area contributed by atoms with Gasteiger partial charge in [0.2, 0.25) is 0 Å². The van der Waals surface area contributed by atoms with Gasteiger partial charge in [0.15, 0.2) is 0 Å². The van der Waals surface area contributed by atoms with Crippen LogP contribution in [0.2, 0.25) is 0 Å². The van der Waals surface area contributed by atoms with Crippen molar-refractivity contribution in [2.75, 3.05) is 5.75 Å². The van der Waals surface area contributed by atoms with Crippen LogP contribution in [0.25, 0.3) is 0 Å². The summed E-state index contributed by atoms with van der Waals surface area (Å²) in [5.74, 6) is 8.50. The maximum Gasteiger partial charge on any atom is 0.0139 e. The third kappa shape index (κ3) is 3.84. The van der Waals surface area contributed by atoms with E-state index in [2.05, 4.69) is 40.5 Å². The predicted molar refractivity (Wildman–Crippen MR) is 84.2 cm³/mol. The molecule has 1 saturated carbocycles. The quantitative estimate of drug-likeness (QED) is 0.514. The summed E-state index contributed by atoms with van der Waals surface area (Å²) in [5, 5.41) is 0. The molecular formula is C16H32S. The van der Waals surface area contributed by atoms with Crippen molar-refractivity contribution in [2.24, 2.45) is 17.8 Å². The molecule has 1 aliphatic rings. The Labute approximate surface area is 112 Å². The zero-order valence-corrected chi connectivity index (χ0v) is 13.4. The zero-order chi connectivity index (χ0) is 13.1. The van der Waals surface area contributed by atoms with Crippen LogP contribution in [-0.4, -0.2) is 16.4 Å². The molecule has 0 heterocycles. The van der Waals surface area contributed by atoms with Gasteiger partial charge in [-0.15, -0.1) is 0 Å². The number of hydrogen-bond donors (Lipinski definition) is 0. The van der Waals surface area contributed by atoms with Crippen LogP contribution in [-0.2, 0) is 0 Å². The molecule has 1 heteroatoms. The highest BCUT2D eigenvalue weighted by atomic mass is 32.2. The van der Waals surface area contributed by atoms with Crippen LogP contribution in [0.15, 0.2) is 0 Å². The fraction of sp³-hybridized carbons (Fsp3) is 0.938. The third-order valence-electron chi connectivity index (χ3n) is 4.52. The molecule has 0 nitrogen and oxygen atoms in total. The van der Waals surface area contributed by atoms with Gasteiger partial charge in [-0.25, -0.2) is 0 Å². The van der Waals surface area contributed by atoms with E-state index in [9.17, 15) is 0 Å². The standard InChI is InChI=1S/C16H32S/c1-7-15-12-16(15,17(6)8-2)11-14(5)10-9-13(3)4/h13-15H,6-12H2,1-5H3. The molecule has 0 spiro atoms. The Kier molecular flexibility index (Phi) is 5.76. The first kappa shape index (κ1) is 15.3. The lowest BCUT2D eigenvalue weighted by Gasteiger charge is -2.25. The maximum atomic E-state index is 4.46. The molecule has 0 radical (unpaired) electrons. The summed E-state index contributed by atoms with van der Waals surface area (Å²) < 4.78 is 0.653. The normalized spacial score (nSPS) is 31.5. The van der Waals surface area contributed by atoms with E-state index in [0.29, 0.717) is 15.2 Å². The molecule has 0 aromatic rings. The molecule has 0 saturated heterocycles. The summed E-state index contributed by atoms with van der Waals surface area (Å²) in [6.45, 7) is 11.8. The third-order valence-corrected chi connectivity index (χ3v) is 7.04. The molecule has 0 aliphatic heterocycles. The first-order valence-electron chi connectivity index (χ1n) is 7.46. The number of rotatable bonds is 8. The van der Waals surface area contributed by atoms with Crippen molar-refractivity contribution < 1.29 is 0 Å². The Morgan fingerprint density at radius 3 is 2.29 bits per heavy atom. The second-order valence-corrected chi connectivity index (χ2v) is 8.81. The molecule has 0 N–H and O–H groups in total. The van der Waals surface area contributed by atoms with Gasteiger partial charge >= 0.3 is 0 Å². The molecular weight excluding hydrogens is 224 g/mol. The minimum Gasteiger partial charge on any atom is -0.187 e. The highest BCUT2D eigenvalue weighted by molar-refractivity contribution is 8.15. The smallest absolute Gasteiger partial charge is 0.0139 e. The van der Waals surface area contributed by atoms with Crippen molar-refractivity contribution in [3.63, 3.8) is 0 Å². The van der Waals surface area contributed by atoms with Crippen LogP contribution in [0.4, 0.5) is 0 Å². The monoisotopic (exact) mass is 256 g/mol. The van der Waals surface area contributed by atoms with E-state index in [1.165, 1.54) is 37.9 Å². The average molecular weight is 256 g/mol. The molecule has 4 unspecified atom stereocenters. The van der Waals surface area contributed by atoms with Crippen LogP contribution in [0.1, 0.15) is 66.7 Å². The van der Waals surface area contributed by atoms with Crippen LogP contribution < -0.4 is 0 Å². The van der Waals surface area contributed by atoms with Crippen molar-refractivity contribution in [3.8, 4) is 0 Å². The summed E-state index contributed by atoms with van der Waals surface area (Å²) in [6.07, 6.45) is 7.09. The van der Waals surface area contributed by atoms with Gasteiger partial charge in [-0.1, -0.05) is 59.8 Å². The van der Waals surface area contributed by atoms with Gasteiger partial charge in [-0.2, -0.15) is 10.5 Å². The molecule has 1 aliphatic carbocycles. The van der Waals surface area contributed by atoms with Crippen LogP contribution in [0.5, 0.6) is 0 Å². The minimum absolute atomic E-state index is 0.409. The summed E-state index contributed by atoms with van der Waals surface area (Å²) in [6, 6.07) is 0. The van der Waals surface area contributed by atoms with E-state index >= 15 is 0 Å². The molecule has 4 atom stereocenters. The molecule has 0 aromatic heterocycles. The first-order valence-corrected chi connectivity index (χ1v) is 9.03. The topological polar surface area (TPSA) is 0 Å². The maximum absolute atomic E-state index is 4.46. The lowest BCUT2D eigenvalue weighted by atomic mass is 9.94. The Bertz CT molecular complexity index is 256. The van der Waals surface area contributed by atoms with Gasteiger partial charge in [0.1, 0.15) is 0 Å². The minimum atomic E-state index is 0.409. The van der Waals surface area contributed by atoms with E-state index in [1.54, 1.807) is 0 Å². The second-order valence-electron chi connectivity index (χ2n) is 6.44.